The van der Waals surface area contributed by atoms with Crippen molar-refractivity contribution >= 4 is 5.78 Å². The summed E-state index contributed by atoms with van der Waals surface area (Å²) in [4.78, 5) is 13.2. The van der Waals surface area contributed by atoms with Gasteiger partial charge in [-0.3, -0.25) is 4.79 Å². The second-order valence-corrected chi connectivity index (χ2v) is 13.5. The van der Waals surface area contributed by atoms with Crippen LogP contribution in [0.2, 0.25) is 0 Å². The van der Waals surface area contributed by atoms with Crippen molar-refractivity contribution < 1.29 is 9.53 Å². The Hall–Kier alpha value is -0.370. The van der Waals surface area contributed by atoms with Crippen LogP contribution >= 0.6 is 0 Å². The third-order valence-corrected chi connectivity index (χ3v) is 12.8. The van der Waals surface area contributed by atoms with Gasteiger partial charge in [0.2, 0.25) is 0 Å². The fourth-order valence-corrected chi connectivity index (χ4v) is 10.6. The van der Waals surface area contributed by atoms with Gasteiger partial charge in [0.1, 0.15) is 5.78 Å². The van der Waals surface area contributed by atoms with Gasteiger partial charge in [0, 0.05) is 18.4 Å². The maximum atomic E-state index is 13.2. The zero-order valence-electron chi connectivity index (χ0n) is 20.1. The molecule has 2 heteroatoms. The quantitative estimate of drug-likeness (QED) is 0.516. The maximum absolute atomic E-state index is 13.2. The Morgan fingerprint density at radius 1 is 1.00 bits per heavy atom. The molecule has 0 N–H and O–H groups in total. The Kier molecular flexibility index (Phi) is 4.29. The average Bonchev–Trinajstić information content (AvgIpc) is 3.20. The molecule has 30 heavy (non-hydrogen) atoms. The molecule has 5 aliphatic carbocycles. The average molecular weight is 413 g/mol. The van der Waals surface area contributed by atoms with E-state index < -0.39 is 0 Å². The van der Waals surface area contributed by atoms with Crippen LogP contribution in [0.3, 0.4) is 0 Å². The van der Waals surface area contributed by atoms with E-state index in [0.717, 1.165) is 42.6 Å². The highest BCUT2D eigenvalue weighted by molar-refractivity contribution is 5.90. The van der Waals surface area contributed by atoms with E-state index in [0.29, 0.717) is 40.5 Å². The molecule has 0 bridgehead atoms. The Morgan fingerprint density at radius 2 is 1.80 bits per heavy atom. The number of rotatable bonds is 2. The summed E-state index contributed by atoms with van der Waals surface area (Å²) in [7, 11) is 0. The van der Waals surface area contributed by atoms with E-state index in [1.54, 1.807) is 0 Å². The predicted molar refractivity (Wildman–Crippen MR) is 120 cm³/mol. The molecule has 1 saturated heterocycles. The first kappa shape index (κ1) is 20.3. The largest absolute Gasteiger partial charge is 0.378 e. The molecule has 12 atom stereocenters. The molecule has 0 aromatic heterocycles. The zero-order chi connectivity index (χ0) is 21.1. The first-order valence-electron chi connectivity index (χ1n) is 13.4. The smallest absolute Gasteiger partial charge is 0.139 e. The van der Waals surface area contributed by atoms with E-state index >= 15 is 0 Å². The minimum absolute atomic E-state index is 0.0314. The number of Topliss-reactive ketones (excluding diaryl/α,β-unsaturated/α-hetero) is 1. The molecular formula is C28H44O2. The van der Waals surface area contributed by atoms with Crippen LogP contribution in [0, 0.1) is 63.6 Å². The molecule has 1 heterocycles. The van der Waals surface area contributed by atoms with Gasteiger partial charge < -0.3 is 4.74 Å². The topological polar surface area (TPSA) is 26.3 Å². The minimum atomic E-state index is 0.0314. The Bertz CT molecular complexity index is 745. The van der Waals surface area contributed by atoms with Gasteiger partial charge in [0.05, 0.1) is 6.10 Å². The molecule has 0 aromatic rings. The van der Waals surface area contributed by atoms with Gasteiger partial charge >= 0.3 is 0 Å². The van der Waals surface area contributed by atoms with Crippen molar-refractivity contribution in [1.29, 1.82) is 0 Å². The van der Waals surface area contributed by atoms with Crippen molar-refractivity contribution in [3.63, 3.8) is 0 Å². The standard InChI is InChI=1S/C28H44O2/c1-16-12-24(30-15-17(16)2)18(3)21-6-7-22-20-8-11-28-14-19(28)13-25(29)27(28,5)23(20)9-10-26(21,22)4/h16-24H,6-15H2,1-5H3/t16-,17+,18+,19+,20+,21-,22+,23+,24-,26-,27+,28+/m1/s1. The van der Waals surface area contributed by atoms with E-state index in [4.69, 9.17) is 4.74 Å². The van der Waals surface area contributed by atoms with Gasteiger partial charge in [0.25, 0.3) is 0 Å². The number of carbonyl (C=O) groups is 1. The molecule has 1 aliphatic heterocycles. The molecule has 0 amide bonds. The summed E-state index contributed by atoms with van der Waals surface area (Å²) in [6.45, 7) is 13.3. The summed E-state index contributed by atoms with van der Waals surface area (Å²) in [6, 6.07) is 0. The predicted octanol–water partition coefficient (Wildman–Crippen LogP) is 6.52. The number of ketones is 1. The van der Waals surface area contributed by atoms with Crippen molar-refractivity contribution in [3.05, 3.63) is 0 Å². The van der Waals surface area contributed by atoms with Crippen LogP contribution in [0.25, 0.3) is 0 Å². The minimum Gasteiger partial charge on any atom is -0.378 e. The molecule has 2 nitrogen and oxygen atoms in total. The molecule has 0 aromatic carbocycles. The van der Waals surface area contributed by atoms with Gasteiger partial charge in [-0.1, -0.05) is 34.6 Å². The number of hydrogen-bond donors (Lipinski definition) is 0. The van der Waals surface area contributed by atoms with Crippen LogP contribution in [-0.2, 0) is 9.53 Å². The van der Waals surface area contributed by atoms with E-state index in [-0.39, 0.29) is 5.41 Å². The summed E-state index contributed by atoms with van der Waals surface area (Å²) < 4.78 is 6.43. The van der Waals surface area contributed by atoms with Crippen LogP contribution < -0.4 is 0 Å². The normalized spacial score (nSPS) is 60.4. The van der Waals surface area contributed by atoms with E-state index in [9.17, 15) is 4.79 Å². The van der Waals surface area contributed by atoms with Gasteiger partial charge in [0.15, 0.2) is 0 Å². The van der Waals surface area contributed by atoms with E-state index in [1.807, 2.05) is 0 Å². The third kappa shape index (κ3) is 2.33. The monoisotopic (exact) mass is 412 g/mol. The lowest BCUT2D eigenvalue weighted by molar-refractivity contribution is -0.150. The molecule has 6 fully saturated rings. The molecule has 0 unspecified atom stereocenters. The summed E-state index contributed by atoms with van der Waals surface area (Å²) in [6.07, 6.45) is 12.3. The molecule has 6 aliphatic rings. The highest BCUT2D eigenvalue weighted by Crippen LogP contribution is 2.80. The molecule has 5 saturated carbocycles. The second kappa shape index (κ2) is 6.36. The summed E-state index contributed by atoms with van der Waals surface area (Å²) in [5, 5.41) is 0. The van der Waals surface area contributed by atoms with Crippen LogP contribution in [0.1, 0.15) is 92.4 Å². The van der Waals surface area contributed by atoms with E-state index in [1.165, 1.54) is 51.4 Å². The molecule has 168 valence electrons. The fourth-order valence-electron chi connectivity index (χ4n) is 10.6. The van der Waals surface area contributed by atoms with Crippen LogP contribution in [0.4, 0.5) is 0 Å². The van der Waals surface area contributed by atoms with Crippen molar-refractivity contribution in [2.45, 2.75) is 98.5 Å². The Morgan fingerprint density at radius 3 is 2.57 bits per heavy atom. The van der Waals surface area contributed by atoms with Crippen molar-refractivity contribution in [2.24, 2.45) is 63.6 Å². The van der Waals surface area contributed by atoms with Crippen molar-refractivity contribution in [1.82, 2.24) is 0 Å². The van der Waals surface area contributed by atoms with Gasteiger partial charge in [-0.15, -0.1) is 0 Å². The molecule has 6 rings (SSSR count). The lowest BCUT2D eigenvalue weighted by atomic mass is 9.45. The number of fused-ring (bicyclic) bond motifs is 4. The highest BCUT2D eigenvalue weighted by atomic mass is 16.5. The number of ether oxygens (including phenoxy) is 1. The lowest BCUT2D eigenvalue weighted by Gasteiger charge is -2.58. The molecular weight excluding hydrogens is 368 g/mol. The number of hydrogen-bond acceptors (Lipinski definition) is 2. The van der Waals surface area contributed by atoms with E-state index in [2.05, 4.69) is 34.6 Å². The van der Waals surface area contributed by atoms with Gasteiger partial charge in [-0.2, -0.15) is 0 Å². The second-order valence-electron chi connectivity index (χ2n) is 13.5. The van der Waals surface area contributed by atoms with Crippen LogP contribution in [0.15, 0.2) is 0 Å². The fraction of sp³-hybridized carbons (Fsp3) is 0.964. The van der Waals surface area contributed by atoms with Crippen LogP contribution in [-0.4, -0.2) is 18.5 Å². The van der Waals surface area contributed by atoms with Gasteiger partial charge in [-0.05, 0) is 110 Å². The highest BCUT2D eigenvalue weighted by Gasteiger charge is 2.77. The molecule has 0 radical (unpaired) electrons. The zero-order valence-corrected chi connectivity index (χ0v) is 20.1. The van der Waals surface area contributed by atoms with Crippen LogP contribution in [0.5, 0.6) is 0 Å². The lowest BCUT2D eigenvalue weighted by Crippen LogP contribution is -2.55. The maximum Gasteiger partial charge on any atom is 0.139 e. The Labute approximate surface area is 184 Å². The van der Waals surface area contributed by atoms with Crippen molar-refractivity contribution in [2.75, 3.05) is 6.61 Å². The summed E-state index contributed by atoms with van der Waals surface area (Å²) in [5.74, 6) is 6.75. The first-order chi connectivity index (χ1) is 14.2. The molecule has 1 spiro atoms. The summed E-state index contributed by atoms with van der Waals surface area (Å²) >= 11 is 0. The SMILES string of the molecule is C[C@@H]([C@H]1CC[C@H]2[C@@H]3CC[C@]45C[C@@H]4CC(=O)[C@]5(C)[C@H]3CC[C@]12C)[C@H]1C[C@@H](C)[C@@H](C)CO1. The number of carbonyl (C=O) groups excluding carboxylic acids is 1. The third-order valence-electron chi connectivity index (χ3n) is 12.8. The van der Waals surface area contributed by atoms with Crippen molar-refractivity contribution in [3.8, 4) is 0 Å². The first-order valence-corrected chi connectivity index (χ1v) is 13.4. The van der Waals surface area contributed by atoms with Gasteiger partial charge in [-0.25, -0.2) is 0 Å². The summed E-state index contributed by atoms with van der Waals surface area (Å²) in [5.41, 5.74) is 0.943. The Balaban J connectivity index is 1.24.